The summed E-state index contributed by atoms with van der Waals surface area (Å²) < 4.78 is 0. The minimum atomic E-state index is 0.832. The van der Waals surface area contributed by atoms with Crippen molar-refractivity contribution >= 4 is 43.1 Å². The van der Waals surface area contributed by atoms with Crippen molar-refractivity contribution in [1.82, 2.24) is 5.32 Å². The molecule has 49 heavy (non-hydrogen) atoms. The standard InChI is InChI=1S/C48H35N/c1-2-8-35(9-3-1)36-17-14-33(15-18-36)31-49-32-34-16-19-42-29-41(25-24-40(42)28-34)37-20-22-39(23-21-37)48-45-13-7-5-11-43(45)30-47-44-12-6-4-10-38(44)26-27-46(47)48/h1-30,49H,31-32H2. The van der Waals surface area contributed by atoms with Crippen molar-refractivity contribution < 1.29 is 0 Å². The molecule has 0 heterocycles. The Morgan fingerprint density at radius 3 is 1.67 bits per heavy atom. The zero-order valence-corrected chi connectivity index (χ0v) is 27.2. The molecule has 0 saturated carbocycles. The normalized spacial score (nSPS) is 11.5. The molecule has 0 aliphatic heterocycles. The topological polar surface area (TPSA) is 12.0 Å². The third-order valence-electron chi connectivity index (χ3n) is 9.90. The van der Waals surface area contributed by atoms with Crippen molar-refractivity contribution in [3.8, 4) is 33.4 Å². The highest BCUT2D eigenvalue weighted by molar-refractivity contribution is 6.20. The number of benzene rings is 9. The first-order valence-corrected chi connectivity index (χ1v) is 17.1. The third-order valence-corrected chi connectivity index (χ3v) is 9.90. The highest BCUT2D eigenvalue weighted by Crippen LogP contribution is 2.40. The van der Waals surface area contributed by atoms with Gasteiger partial charge in [0.15, 0.2) is 0 Å². The molecular formula is C48H35N. The van der Waals surface area contributed by atoms with Gasteiger partial charge in [-0.05, 0) is 106 Å². The molecule has 1 nitrogen and oxygen atoms in total. The molecule has 0 atom stereocenters. The third kappa shape index (κ3) is 5.65. The van der Waals surface area contributed by atoms with Crippen LogP contribution in [0.1, 0.15) is 11.1 Å². The fourth-order valence-electron chi connectivity index (χ4n) is 7.34. The summed E-state index contributed by atoms with van der Waals surface area (Å²) in [7, 11) is 0. The van der Waals surface area contributed by atoms with E-state index >= 15 is 0 Å². The van der Waals surface area contributed by atoms with E-state index in [-0.39, 0.29) is 0 Å². The molecule has 9 aromatic rings. The van der Waals surface area contributed by atoms with Crippen LogP contribution in [0, 0.1) is 0 Å². The summed E-state index contributed by atoms with van der Waals surface area (Å²) in [5, 5.41) is 13.9. The summed E-state index contributed by atoms with van der Waals surface area (Å²) in [5.74, 6) is 0. The van der Waals surface area contributed by atoms with Gasteiger partial charge in [0.05, 0.1) is 0 Å². The van der Waals surface area contributed by atoms with E-state index in [4.69, 9.17) is 0 Å². The molecule has 0 radical (unpaired) electrons. The van der Waals surface area contributed by atoms with Crippen LogP contribution in [0.2, 0.25) is 0 Å². The minimum absolute atomic E-state index is 0.832. The molecule has 0 bridgehead atoms. The van der Waals surface area contributed by atoms with Gasteiger partial charge in [-0.2, -0.15) is 0 Å². The average molecular weight is 626 g/mol. The van der Waals surface area contributed by atoms with Crippen LogP contribution in [0.3, 0.4) is 0 Å². The Labute approximate surface area is 287 Å². The molecule has 0 amide bonds. The van der Waals surface area contributed by atoms with Crippen LogP contribution >= 0.6 is 0 Å². The van der Waals surface area contributed by atoms with Crippen LogP contribution in [-0.2, 0) is 13.1 Å². The van der Waals surface area contributed by atoms with Gasteiger partial charge in [-0.3, -0.25) is 0 Å². The highest BCUT2D eigenvalue weighted by atomic mass is 14.8. The minimum Gasteiger partial charge on any atom is -0.309 e. The lowest BCUT2D eigenvalue weighted by Crippen LogP contribution is -2.12. The van der Waals surface area contributed by atoms with E-state index in [1.165, 1.54) is 87.6 Å². The number of hydrogen-bond acceptors (Lipinski definition) is 1. The SMILES string of the molecule is c1ccc(-c2ccc(CNCc3ccc4cc(-c5ccc(-c6c7ccccc7cc7c6ccc6ccccc67)cc5)ccc4c3)cc2)cc1. The molecule has 9 rings (SSSR count). The molecule has 1 heteroatoms. The Kier molecular flexibility index (Phi) is 7.46. The van der Waals surface area contributed by atoms with E-state index in [1.54, 1.807) is 0 Å². The molecule has 1 N–H and O–H groups in total. The summed E-state index contributed by atoms with van der Waals surface area (Å²) in [6, 6.07) is 66.5. The number of fused-ring (bicyclic) bond motifs is 5. The Morgan fingerprint density at radius 2 is 0.837 bits per heavy atom. The summed E-state index contributed by atoms with van der Waals surface area (Å²) in [5.41, 5.74) is 10.1. The maximum absolute atomic E-state index is 3.63. The van der Waals surface area contributed by atoms with Crippen LogP contribution in [0.4, 0.5) is 0 Å². The Morgan fingerprint density at radius 1 is 0.286 bits per heavy atom. The van der Waals surface area contributed by atoms with Gasteiger partial charge in [-0.1, -0.05) is 164 Å². The molecule has 0 unspecified atom stereocenters. The van der Waals surface area contributed by atoms with Crippen LogP contribution in [0.25, 0.3) is 76.5 Å². The quantitative estimate of drug-likeness (QED) is 0.137. The first kappa shape index (κ1) is 29.1. The Balaban J connectivity index is 0.946. The molecule has 0 spiro atoms. The maximum atomic E-state index is 3.63. The van der Waals surface area contributed by atoms with Gasteiger partial charge < -0.3 is 5.32 Å². The zero-order chi connectivity index (χ0) is 32.6. The van der Waals surface area contributed by atoms with Crippen LogP contribution in [0.5, 0.6) is 0 Å². The lowest BCUT2D eigenvalue weighted by molar-refractivity contribution is 0.694. The van der Waals surface area contributed by atoms with Crippen molar-refractivity contribution in [2.24, 2.45) is 0 Å². The summed E-state index contributed by atoms with van der Waals surface area (Å²) in [6.07, 6.45) is 0. The molecule has 0 aromatic heterocycles. The summed E-state index contributed by atoms with van der Waals surface area (Å²) in [4.78, 5) is 0. The van der Waals surface area contributed by atoms with Gasteiger partial charge in [0.2, 0.25) is 0 Å². The summed E-state index contributed by atoms with van der Waals surface area (Å²) in [6.45, 7) is 1.67. The van der Waals surface area contributed by atoms with E-state index in [0.29, 0.717) is 0 Å². The molecule has 0 saturated heterocycles. The first-order valence-electron chi connectivity index (χ1n) is 17.1. The number of nitrogens with one attached hydrogen (secondary N) is 1. The Bertz CT molecular complexity index is 2600. The van der Waals surface area contributed by atoms with Crippen molar-refractivity contribution in [2.75, 3.05) is 0 Å². The smallest absolute Gasteiger partial charge is 0.0208 e. The van der Waals surface area contributed by atoms with Gasteiger partial charge in [0, 0.05) is 13.1 Å². The zero-order valence-electron chi connectivity index (χ0n) is 27.2. The largest absolute Gasteiger partial charge is 0.309 e. The molecule has 9 aromatic carbocycles. The van der Waals surface area contributed by atoms with Gasteiger partial charge in [0.25, 0.3) is 0 Å². The first-order chi connectivity index (χ1) is 24.3. The number of hydrogen-bond donors (Lipinski definition) is 1. The van der Waals surface area contributed by atoms with Crippen molar-refractivity contribution in [2.45, 2.75) is 13.1 Å². The lowest BCUT2D eigenvalue weighted by Gasteiger charge is -2.14. The van der Waals surface area contributed by atoms with Crippen LogP contribution in [-0.4, -0.2) is 0 Å². The molecule has 0 aliphatic carbocycles. The second-order valence-corrected chi connectivity index (χ2v) is 13.0. The van der Waals surface area contributed by atoms with E-state index in [1.807, 2.05) is 0 Å². The highest BCUT2D eigenvalue weighted by Gasteiger charge is 2.12. The lowest BCUT2D eigenvalue weighted by atomic mass is 9.89. The maximum Gasteiger partial charge on any atom is 0.0208 e. The van der Waals surface area contributed by atoms with Crippen LogP contribution in [0.15, 0.2) is 182 Å². The van der Waals surface area contributed by atoms with Crippen molar-refractivity contribution in [3.63, 3.8) is 0 Å². The molecular weight excluding hydrogens is 591 g/mol. The van der Waals surface area contributed by atoms with Crippen molar-refractivity contribution in [1.29, 1.82) is 0 Å². The van der Waals surface area contributed by atoms with Gasteiger partial charge in [-0.25, -0.2) is 0 Å². The van der Waals surface area contributed by atoms with E-state index in [0.717, 1.165) is 13.1 Å². The predicted molar refractivity (Wildman–Crippen MR) is 210 cm³/mol. The van der Waals surface area contributed by atoms with E-state index in [2.05, 4.69) is 187 Å². The summed E-state index contributed by atoms with van der Waals surface area (Å²) >= 11 is 0. The molecule has 0 fully saturated rings. The van der Waals surface area contributed by atoms with E-state index < -0.39 is 0 Å². The average Bonchev–Trinajstić information content (AvgIpc) is 3.17. The number of rotatable bonds is 7. The van der Waals surface area contributed by atoms with Gasteiger partial charge >= 0.3 is 0 Å². The monoisotopic (exact) mass is 625 g/mol. The second kappa shape index (κ2) is 12.5. The molecule has 0 aliphatic rings. The van der Waals surface area contributed by atoms with Crippen molar-refractivity contribution in [3.05, 3.63) is 193 Å². The Hall–Kier alpha value is -6.02. The fraction of sp³-hybridized carbons (Fsp3) is 0.0417. The van der Waals surface area contributed by atoms with E-state index in [9.17, 15) is 0 Å². The van der Waals surface area contributed by atoms with Gasteiger partial charge in [0.1, 0.15) is 0 Å². The molecule has 232 valence electrons. The second-order valence-electron chi connectivity index (χ2n) is 13.0. The fourth-order valence-corrected chi connectivity index (χ4v) is 7.34. The van der Waals surface area contributed by atoms with Crippen LogP contribution < -0.4 is 5.32 Å². The van der Waals surface area contributed by atoms with Gasteiger partial charge in [-0.15, -0.1) is 0 Å². The predicted octanol–water partition coefficient (Wildman–Crippen LogP) is 12.6.